The maximum atomic E-state index is 10.3. The second-order valence-corrected chi connectivity index (χ2v) is 3.96. The number of rotatable bonds is 2. The van der Waals surface area contributed by atoms with Gasteiger partial charge in [-0.2, -0.15) is 0 Å². The average molecular weight is 164 g/mol. The van der Waals surface area contributed by atoms with Crippen molar-refractivity contribution in [3.8, 4) is 0 Å². The summed E-state index contributed by atoms with van der Waals surface area (Å²) in [6, 6.07) is 0. The van der Waals surface area contributed by atoms with Crippen molar-refractivity contribution in [1.82, 2.24) is 0 Å². The molecule has 0 atom stereocenters. The van der Waals surface area contributed by atoms with Gasteiger partial charge in [-0.15, -0.1) is 0 Å². The quantitative estimate of drug-likeness (QED) is 0.617. The predicted octanol–water partition coefficient (Wildman–Crippen LogP) is 1.37. The SMILES string of the molecule is CC(C)=O.CCS(=O)CC. The molecule has 62 valence electrons. The zero-order valence-electron chi connectivity index (χ0n) is 7.14. The van der Waals surface area contributed by atoms with Crippen molar-refractivity contribution in [3.63, 3.8) is 0 Å². The van der Waals surface area contributed by atoms with Gasteiger partial charge in [-0.1, -0.05) is 13.8 Å². The van der Waals surface area contributed by atoms with Crippen molar-refractivity contribution in [2.24, 2.45) is 0 Å². The van der Waals surface area contributed by atoms with E-state index < -0.39 is 10.8 Å². The van der Waals surface area contributed by atoms with Crippen LogP contribution in [0.3, 0.4) is 0 Å². The predicted molar refractivity (Wildman–Crippen MR) is 45.6 cm³/mol. The van der Waals surface area contributed by atoms with Crippen molar-refractivity contribution in [2.45, 2.75) is 27.7 Å². The second kappa shape index (κ2) is 8.82. The summed E-state index contributed by atoms with van der Waals surface area (Å²) in [6.07, 6.45) is 0. The third kappa shape index (κ3) is 24.9. The summed E-state index contributed by atoms with van der Waals surface area (Å²) < 4.78 is 10.3. The van der Waals surface area contributed by atoms with Crippen LogP contribution in [0.15, 0.2) is 0 Å². The first-order valence-electron chi connectivity index (χ1n) is 3.36. The smallest absolute Gasteiger partial charge is 0.126 e. The van der Waals surface area contributed by atoms with Crippen LogP contribution in [0.5, 0.6) is 0 Å². The van der Waals surface area contributed by atoms with E-state index in [0.29, 0.717) is 0 Å². The normalized spacial score (nSPS) is 8.50. The molecule has 0 unspecified atom stereocenters. The van der Waals surface area contributed by atoms with Gasteiger partial charge in [0.1, 0.15) is 5.78 Å². The number of hydrogen-bond acceptors (Lipinski definition) is 2. The molecule has 0 saturated carbocycles. The maximum absolute atomic E-state index is 10.3. The summed E-state index contributed by atoms with van der Waals surface area (Å²) in [7, 11) is -0.534. The summed E-state index contributed by atoms with van der Waals surface area (Å²) in [6.45, 7) is 6.92. The van der Waals surface area contributed by atoms with Crippen LogP contribution in [0.1, 0.15) is 27.7 Å². The Labute approximate surface area is 65.5 Å². The minimum atomic E-state index is -0.534. The van der Waals surface area contributed by atoms with E-state index in [2.05, 4.69) is 0 Å². The fourth-order valence-electron chi connectivity index (χ4n) is 0.204. The van der Waals surface area contributed by atoms with Gasteiger partial charge in [0.25, 0.3) is 0 Å². The first kappa shape index (κ1) is 12.5. The topological polar surface area (TPSA) is 34.1 Å². The molecule has 0 heterocycles. The standard InChI is InChI=1S/C4H10OS.C3H6O/c1-3-6(5)4-2;1-3(2)4/h3-4H2,1-2H3;1-2H3. The zero-order valence-corrected chi connectivity index (χ0v) is 7.96. The molecule has 0 aromatic carbocycles. The molecule has 10 heavy (non-hydrogen) atoms. The highest BCUT2D eigenvalue weighted by Gasteiger charge is 1.83. The monoisotopic (exact) mass is 164 g/mol. The molecule has 0 aliphatic rings. The molecule has 0 aromatic heterocycles. The van der Waals surface area contributed by atoms with E-state index in [1.54, 1.807) is 0 Å². The molecule has 0 fully saturated rings. The highest BCUT2D eigenvalue weighted by Crippen LogP contribution is 1.75. The Morgan fingerprint density at radius 3 is 1.40 bits per heavy atom. The highest BCUT2D eigenvalue weighted by molar-refractivity contribution is 7.84. The van der Waals surface area contributed by atoms with Gasteiger partial charge in [-0.3, -0.25) is 4.21 Å². The van der Waals surface area contributed by atoms with Crippen molar-refractivity contribution >= 4 is 16.6 Å². The van der Waals surface area contributed by atoms with Gasteiger partial charge in [0.15, 0.2) is 0 Å². The van der Waals surface area contributed by atoms with E-state index in [0.717, 1.165) is 11.5 Å². The lowest BCUT2D eigenvalue weighted by atomic mass is 10.6. The molecule has 0 N–H and O–H groups in total. The molecule has 0 saturated heterocycles. The summed E-state index contributed by atoms with van der Waals surface area (Å²) in [5.41, 5.74) is 0. The molecule has 0 aliphatic carbocycles. The Morgan fingerprint density at radius 2 is 1.40 bits per heavy atom. The fraction of sp³-hybridized carbons (Fsp3) is 0.857. The van der Waals surface area contributed by atoms with Crippen molar-refractivity contribution in [2.75, 3.05) is 11.5 Å². The molecule has 0 radical (unpaired) electrons. The Bertz CT molecular complexity index is 100. The Balaban J connectivity index is 0. The van der Waals surface area contributed by atoms with E-state index in [1.807, 2.05) is 13.8 Å². The van der Waals surface area contributed by atoms with Crippen molar-refractivity contribution in [1.29, 1.82) is 0 Å². The van der Waals surface area contributed by atoms with Crippen LogP contribution in [0.25, 0.3) is 0 Å². The summed E-state index contributed by atoms with van der Waals surface area (Å²) >= 11 is 0. The molecular weight excluding hydrogens is 148 g/mol. The van der Waals surface area contributed by atoms with Gasteiger partial charge in [-0.25, -0.2) is 0 Å². The van der Waals surface area contributed by atoms with Crippen LogP contribution in [-0.2, 0) is 15.6 Å². The molecular formula is C7H16O2S. The molecule has 0 aromatic rings. The largest absolute Gasteiger partial charge is 0.300 e. The lowest BCUT2D eigenvalue weighted by Crippen LogP contribution is -1.93. The van der Waals surface area contributed by atoms with Crippen molar-refractivity contribution in [3.05, 3.63) is 0 Å². The van der Waals surface area contributed by atoms with Crippen molar-refractivity contribution < 1.29 is 9.00 Å². The first-order chi connectivity index (χ1) is 4.54. The van der Waals surface area contributed by atoms with Crippen LogP contribution in [0, 0.1) is 0 Å². The number of carbonyl (C=O) groups excluding carboxylic acids is 1. The van der Waals surface area contributed by atoms with E-state index in [1.165, 1.54) is 13.8 Å². The maximum Gasteiger partial charge on any atom is 0.126 e. The summed E-state index contributed by atoms with van der Waals surface area (Å²) in [4.78, 5) is 9.44. The van der Waals surface area contributed by atoms with Gasteiger partial charge < -0.3 is 4.79 Å². The van der Waals surface area contributed by atoms with Gasteiger partial charge in [-0.05, 0) is 13.8 Å². The molecule has 2 nitrogen and oxygen atoms in total. The van der Waals surface area contributed by atoms with Crippen LogP contribution in [0.2, 0.25) is 0 Å². The molecule has 0 amide bonds. The third-order valence-corrected chi connectivity index (χ3v) is 1.93. The number of ketones is 1. The van der Waals surface area contributed by atoms with Gasteiger partial charge in [0, 0.05) is 22.3 Å². The molecule has 0 rings (SSSR count). The lowest BCUT2D eigenvalue weighted by Gasteiger charge is -1.84. The summed E-state index contributed by atoms with van der Waals surface area (Å²) in [5, 5.41) is 0. The Hall–Kier alpha value is -0.180. The molecule has 0 aliphatic heterocycles. The minimum Gasteiger partial charge on any atom is -0.300 e. The lowest BCUT2D eigenvalue weighted by molar-refractivity contribution is -0.114. The van der Waals surface area contributed by atoms with Crippen LogP contribution < -0.4 is 0 Å². The van der Waals surface area contributed by atoms with Gasteiger partial charge >= 0.3 is 0 Å². The molecule has 0 spiro atoms. The fourth-order valence-corrected chi connectivity index (χ4v) is 0.612. The van der Waals surface area contributed by atoms with E-state index in [4.69, 9.17) is 0 Å². The van der Waals surface area contributed by atoms with Crippen LogP contribution >= 0.6 is 0 Å². The zero-order chi connectivity index (χ0) is 8.57. The molecule has 3 heteroatoms. The highest BCUT2D eigenvalue weighted by atomic mass is 32.2. The van der Waals surface area contributed by atoms with Crippen LogP contribution in [-0.4, -0.2) is 21.5 Å². The first-order valence-corrected chi connectivity index (χ1v) is 4.85. The number of carbonyl (C=O) groups is 1. The summed E-state index contributed by atoms with van der Waals surface area (Å²) in [5.74, 6) is 1.77. The van der Waals surface area contributed by atoms with E-state index >= 15 is 0 Å². The number of Topliss-reactive ketones (excluding diaryl/α,β-unsaturated/α-hetero) is 1. The third-order valence-electron chi connectivity index (χ3n) is 0.644. The Morgan fingerprint density at radius 1 is 1.20 bits per heavy atom. The van der Waals surface area contributed by atoms with E-state index in [9.17, 15) is 9.00 Å². The second-order valence-electron chi connectivity index (χ2n) is 1.93. The average Bonchev–Trinajstić information content (AvgIpc) is 1.85. The van der Waals surface area contributed by atoms with Gasteiger partial charge in [0.05, 0.1) is 0 Å². The van der Waals surface area contributed by atoms with E-state index in [-0.39, 0.29) is 5.78 Å². The Kier molecular flexibility index (Phi) is 11.0. The number of hydrogen-bond donors (Lipinski definition) is 0. The molecule has 0 bridgehead atoms. The minimum absolute atomic E-state index is 0.167. The van der Waals surface area contributed by atoms with Gasteiger partial charge in [0.2, 0.25) is 0 Å². The van der Waals surface area contributed by atoms with Crippen LogP contribution in [0.4, 0.5) is 0 Å².